The lowest BCUT2D eigenvalue weighted by Crippen LogP contribution is -2.33. The number of aliphatic hydroxyl groups is 1. The van der Waals surface area contributed by atoms with E-state index in [1.165, 1.54) is 24.7 Å². The first-order valence-corrected chi connectivity index (χ1v) is 10.2. The van der Waals surface area contributed by atoms with Gasteiger partial charge in [-0.3, -0.25) is 0 Å². The Morgan fingerprint density at radius 3 is 2.86 bits per heavy atom. The Labute approximate surface area is 167 Å². The van der Waals surface area contributed by atoms with E-state index < -0.39 is 0 Å². The molecular formula is C20H21ClN6O. The third kappa shape index (κ3) is 2.81. The molecule has 7 nitrogen and oxygen atoms in total. The van der Waals surface area contributed by atoms with Crippen LogP contribution in [-0.4, -0.2) is 37.2 Å². The summed E-state index contributed by atoms with van der Waals surface area (Å²) in [5.74, 6) is 2.39. The van der Waals surface area contributed by atoms with Crippen molar-refractivity contribution in [2.75, 3.05) is 16.8 Å². The number of anilines is 2. The maximum absolute atomic E-state index is 10.7. The Morgan fingerprint density at radius 2 is 2.11 bits per heavy atom. The van der Waals surface area contributed by atoms with Crippen LogP contribution < -0.4 is 10.2 Å². The molecule has 4 heterocycles. The van der Waals surface area contributed by atoms with Crippen LogP contribution in [-0.2, 0) is 6.54 Å². The van der Waals surface area contributed by atoms with E-state index in [1.807, 2.05) is 0 Å². The van der Waals surface area contributed by atoms with E-state index in [2.05, 4.69) is 43.0 Å². The number of aliphatic hydroxyl groups excluding tert-OH is 1. The Hall–Kier alpha value is -2.38. The van der Waals surface area contributed by atoms with E-state index >= 15 is 0 Å². The second-order valence-electron chi connectivity index (χ2n) is 8.20. The molecule has 3 aromatic heterocycles. The molecule has 3 aliphatic rings. The predicted octanol–water partition coefficient (Wildman–Crippen LogP) is 3.04. The van der Waals surface area contributed by atoms with Crippen LogP contribution in [0, 0.1) is 11.8 Å². The average Bonchev–Trinajstić information content (AvgIpc) is 3.60. The van der Waals surface area contributed by atoms with Crippen LogP contribution in [0.5, 0.6) is 0 Å². The quantitative estimate of drug-likeness (QED) is 0.645. The molecule has 144 valence electrons. The molecule has 3 atom stereocenters. The zero-order valence-electron chi connectivity index (χ0n) is 15.3. The highest BCUT2D eigenvalue weighted by molar-refractivity contribution is 6.29. The highest BCUT2D eigenvalue weighted by Gasteiger charge is 2.52. The summed E-state index contributed by atoms with van der Waals surface area (Å²) in [7, 11) is 0. The van der Waals surface area contributed by atoms with Crippen molar-refractivity contribution in [2.24, 2.45) is 11.8 Å². The van der Waals surface area contributed by atoms with Gasteiger partial charge in [-0.2, -0.15) is 0 Å². The molecule has 2 saturated carbocycles. The van der Waals surface area contributed by atoms with Crippen LogP contribution in [0.2, 0.25) is 5.15 Å². The number of rotatable bonds is 5. The standard InChI is InChI=1S/C20H21ClN6O/c21-17-5-18(24-10-23-17)22-6-14-9-26-7-12(11-1-2-11)4-16(19(26)25-14)27-8-13-3-15(13)20(27)28/h4-5,7,9-11,13,15,20,28H,1-3,6,8H2,(H,22,23,24). The van der Waals surface area contributed by atoms with Gasteiger partial charge in [-0.25, -0.2) is 15.0 Å². The van der Waals surface area contributed by atoms with E-state index in [9.17, 15) is 5.11 Å². The van der Waals surface area contributed by atoms with Crippen LogP contribution in [0.15, 0.2) is 30.9 Å². The highest BCUT2D eigenvalue weighted by Crippen LogP contribution is 2.51. The normalized spacial score (nSPS) is 25.9. The minimum Gasteiger partial charge on any atom is -0.373 e. The number of halogens is 1. The first-order chi connectivity index (χ1) is 13.7. The smallest absolute Gasteiger partial charge is 0.160 e. The molecule has 2 aliphatic carbocycles. The Bertz CT molecular complexity index is 1060. The summed E-state index contributed by atoms with van der Waals surface area (Å²) < 4.78 is 2.11. The van der Waals surface area contributed by atoms with Crippen molar-refractivity contribution in [3.63, 3.8) is 0 Å². The number of imidazole rings is 1. The van der Waals surface area contributed by atoms with Gasteiger partial charge < -0.3 is 19.7 Å². The van der Waals surface area contributed by atoms with E-state index in [1.54, 1.807) is 6.07 Å². The SMILES string of the molecule is OC1C2CC2CN1c1cc(C2CC2)cn2cc(CNc3cc(Cl)ncn3)nc12. The van der Waals surface area contributed by atoms with Gasteiger partial charge in [-0.1, -0.05) is 11.6 Å². The number of nitrogens with zero attached hydrogens (tertiary/aromatic N) is 5. The van der Waals surface area contributed by atoms with Gasteiger partial charge >= 0.3 is 0 Å². The fourth-order valence-corrected chi connectivity index (χ4v) is 4.53. The van der Waals surface area contributed by atoms with Crippen molar-refractivity contribution in [1.82, 2.24) is 19.4 Å². The lowest BCUT2D eigenvalue weighted by molar-refractivity contribution is 0.163. The molecule has 0 aromatic carbocycles. The zero-order valence-corrected chi connectivity index (χ0v) is 16.0. The molecular weight excluding hydrogens is 376 g/mol. The Balaban J connectivity index is 1.34. The molecule has 3 aromatic rings. The molecule has 1 aliphatic heterocycles. The topological polar surface area (TPSA) is 78.6 Å². The zero-order chi connectivity index (χ0) is 18.8. The second-order valence-corrected chi connectivity index (χ2v) is 8.59. The number of aromatic nitrogens is 4. The summed E-state index contributed by atoms with van der Waals surface area (Å²) in [4.78, 5) is 15.1. The summed E-state index contributed by atoms with van der Waals surface area (Å²) in [6.07, 6.45) is 8.95. The molecule has 3 fully saturated rings. The Morgan fingerprint density at radius 1 is 1.21 bits per heavy atom. The maximum atomic E-state index is 10.7. The average molecular weight is 397 g/mol. The number of pyridine rings is 1. The minimum absolute atomic E-state index is 0.385. The van der Waals surface area contributed by atoms with Crippen LogP contribution in [0.1, 0.15) is 36.4 Å². The monoisotopic (exact) mass is 396 g/mol. The first kappa shape index (κ1) is 16.6. The third-order valence-electron chi connectivity index (χ3n) is 6.16. The summed E-state index contributed by atoms with van der Waals surface area (Å²) in [6.45, 7) is 1.47. The van der Waals surface area contributed by atoms with Crippen molar-refractivity contribution in [1.29, 1.82) is 0 Å². The van der Waals surface area contributed by atoms with Crippen molar-refractivity contribution in [3.05, 3.63) is 47.3 Å². The van der Waals surface area contributed by atoms with E-state index in [4.69, 9.17) is 16.6 Å². The maximum Gasteiger partial charge on any atom is 0.160 e. The number of hydrogen-bond acceptors (Lipinski definition) is 6. The van der Waals surface area contributed by atoms with E-state index in [-0.39, 0.29) is 6.23 Å². The van der Waals surface area contributed by atoms with Gasteiger partial charge in [0.2, 0.25) is 0 Å². The van der Waals surface area contributed by atoms with Gasteiger partial charge in [0, 0.05) is 30.9 Å². The van der Waals surface area contributed by atoms with Crippen molar-refractivity contribution >= 4 is 28.8 Å². The van der Waals surface area contributed by atoms with Gasteiger partial charge in [0.15, 0.2) is 5.65 Å². The predicted molar refractivity (Wildman–Crippen MR) is 106 cm³/mol. The molecule has 6 rings (SSSR count). The molecule has 1 saturated heterocycles. The number of fused-ring (bicyclic) bond motifs is 2. The minimum atomic E-state index is -0.385. The van der Waals surface area contributed by atoms with E-state index in [0.717, 1.165) is 30.0 Å². The summed E-state index contributed by atoms with van der Waals surface area (Å²) in [5.41, 5.74) is 4.22. The summed E-state index contributed by atoms with van der Waals surface area (Å²) >= 11 is 5.93. The summed E-state index contributed by atoms with van der Waals surface area (Å²) in [5, 5.41) is 14.3. The molecule has 0 radical (unpaired) electrons. The summed E-state index contributed by atoms with van der Waals surface area (Å²) in [6, 6.07) is 3.94. The van der Waals surface area contributed by atoms with Gasteiger partial charge in [-0.05, 0) is 42.7 Å². The lowest BCUT2D eigenvalue weighted by atomic mass is 10.1. The second kappa shape index (κ2) is 6.06. The van der Waals surface area contributed by atoms with Crippen molar-refractivity contribution < 1.29 is 5.11 Å². The van der Waals surface area contributed by atoms with Crippen LogP contribution in [0.3, 0.4) is 0 Å². The van der Waals surface area contributed by atoms with Crippen molar-refractivity contribution in [3.8, 4) is 0 Å². The largest absolute Gasteiger partial charge is 0.373 e. The van der Waals surface area contributed by atoms with Gasteiger partial charge in [0.25, 0.3) is 0 Å². The number of nitrogens with one attached hydrogen (secondary N) is 1. The molecule has 0 bridgehead atoms. The van der Waals surface area contributed by atoms with Crippen LogP contribution >= 0.6 is 11.6 Å². The number of piperidine rings is 1. The Kier molecular flexibility index (Phi) is 3.58. The third-order valence-corrected chi connectivity index (χ3v) is 6.36. The highest BCUT2D eigenvalue weighted by atomic mass is 35.5. The first-order valence-electron chi connectivity index (χ1n) is 9.83. The molecule has 28 heavy (non-hydrogen) atoms. The fraction of sp³-hybridized carbons (Fsp3) is 0.450. The van der Waals surface area contributed by atoms with E-state index in [0.29, 0.717) is 35.3 Å². The van der Waals surface area contributed by atoms with Gasteiger partial charge in [0.05, 0.1) is 17.9 Å². The fourth-order valence-electron chi connectivity index (χ4n) is 4.38. The molecule has 0 spiro atoms. The van der Waals surface area contributed by atoms with Crippen LogP contribution in [0.25, 0.3) is 5.65 Å². The molecule has 8 heteroatoms. The molecule has 3 unspecified atom stereocenters. The lowest BCUT2D eigenvalue weighted by Gasteiger charge is -2.26. The van der Waals surface area contributed by atoms with Crippen molar-refractivity contribution in [2.45, 2.75) is 38.0 Å². The van der Waals surface area contributed by atoms with Crippen LogP contribution in [0.4, 0.5) is 11.5 Å². The van der Waals surface area contributed by atoms with Gasteiger partial charge in [-0.15, -0.1) is 0 Å². The number of hydrogen-bond donors (Lipinski definition) is 2. The van der Waals surface area contributed by atoms with Gasteiger partial charge in [0.1, 0.15) is 23.5 Å². The molecule has 0 amide bonds. The molecule has 2 N–H and O–H groups in total.